The second-order valence-corrected chi connectivity index (χ2v) is 10.3. The topological polar surface area (TPSA) is 81.2 Å². The van der Waals surface area contributed by atoms with E-state index in [2.05, 4.69) is 11.8 Å². The van der Waals surface area contributed by atoms with Gasteiger partial charge < -0.3 is 14.9 Å². The van der Waals surface area contributed by atoms with E-state index in [-0.39, 0.29) is 17.9 Å². The third-order valence-electron chi connectivity index (χ3n) is 6.23. The number of carbonyl (C=O) groups excluding carboxylic acids is 1. The van der Waals surface area contributed by atoms with Crippen LogP contribution in [0.15, 0.2) is 24.3 Å². The fourth-order valence-electron chi connectivity index (χ4n) is 4.41. The number of aliphatic hydroxyl groups is 1. The molecule has 7 nitrogen and oxygen atoms in total. The highest BCUT2D eigenvalue weighted by Gasteiger charge is 2.52. The van der Waals surface area contributed by atoms with Crippen LogP contribution in [0.1, 0.15) is 30.1 Å². The van der Waals surface area contributed by atoms with Crippen LogP contribution in [0.2, 0.25) is 0 Å². The van der Waals surface area contributed by atoms with Crippen molar-refractivity contribution in [1.82, 2.24) is 9.80 Å². The fraction of sp³-hybridized carbons (Fsp3) is 0.650. The van der Waals surface area contributed by atoms with Gasteiger partial charge >= 0.3 is 0 Å². The maximum atomic E-state index is 13.0. The Morgan fingerprint density at radius 3 is 2.46 bits per heavy atom. The zero-order valence-corrected chi connectivity index (χ0v) is 17.8. The van der Waals surface area contributed by atoms with Gasteiger partial charge in [0.15, 0.2) is 0 Å². The van der Waals surface area contributed by atoms with Crippen LogP contribution in [0.3, 0.4) is 0 Å². The summed E-state index contributed by atoms with van der Waals surface area (Å²) < 4.78 is 24.5. The Bertz CT molecular complexity index is 811. The number of aliphatic hydroxyl groups excluding tert-OH is 1. The number of sulfonamides is 1. The highest BCUT2D eigenvalue weighted by molar-refractivity contribution is 7.92. The van der Waals surface area contributed by atoms with Crippen molar-refractivity contribution in [3.63, 3.8) is 0 Å². The number of rotatable bonds is 7. The molecule has 0 aromatic heterocycles. The van der Waals surface area contributed by atoms with Crippen LogP contribution in [-0.2, 0) is 10.0 Å². The van der Waals surface area contributed by atoms with Crippen molar-refractivity contribution in [2.75, 3.05) is 56.9 Å². The third kappa shape index (κ3) is 4.04. The predicted octanol–water partition coefficient (Wildman–Crippen LogP) is 1.25. The molecule has 2 heterocycles. The Morgan fingerprint density at radius 1 is 1.25 bits per heavy atom. The van der Waals surface area contributed by atoms with E-state index >= 15 is 0 Å². The summed E-state index contributed by atoms with van der Waals surface area (Å²) in [6, 6.07) is 6.65. The van der Waals surface area contributed by atoms with Gasteiger partial charge in [0.2, 0.25) is 10.0 Å². The number of likely N-dealkylation sites (tertiary alicyclic amines) is 2. The van der Waals surface area contributed by atoms with E-state index in [0.29, 0.717) is 30.3 Å². The molecule has 1 N–H and O–H groups in total. The van der Waals surface area contributed by atoms with Crippen LogP contribution < -0.4 is 4.31 Å². The van der Waals surface area contributed by atoms with Crippen molar-refractivity contribution >= 4 is 21.6 Å². The smallest absolute Gasteiger partial charge is 0.253 e. The molecule has 0 bridgehead atoms. The van der Waals surface area contributed by atoms with Crippen LogP contribution in [0.4, 0.5) is 5.69 Å². The number of hydrogen-bond acceptors (Lipinski definition) is 5. The summed E-state index contributed by atoms with van der Waals surface area (Å²) >= 11 is 0. The Hall–Kier alpha value is -1.64. The number of fused-ring (bicyclic) bond motifs is 1. The molecule has 28 heavy (non-hydrogen) atoms. The van der Waals surface area contributed by atoms with Gasteiger partial charge in [0.05, 0.1) is 18.6 Å². The first-order valence-corrected chi connectivity index (χ1v) is 11.7. The Kier molecular flexibility index (Phi) is 6.03. The molecule has 2 saturated heterocycles. The summed E-state index contributed by atoms with van der Waals surface area (Å²) in [5, 5.41) is 10.1. The molecule has 2 fully saturated rings. The van der Waals surface area contributed by atoms with E-state index in [9.17, 15) is 18.3 Å². The average molecular weight is 410 g/mol. The van der Waals surface area contributed by atoms with E-state index < -0.39 is 10.0 Å². The quantitative estimate of drug-likeness (QED) is 0.733. The van der Waals surface area contributed by atoms with Crippen molar-refractivity contribution in [3.05, 3.63) is 29.8 Å². The van der Waals surface area contributed by atoms with Gasteiger partial charge in [-0.1, -0.05) is 13.3 Å². The van der Waals surface area contributed by atoms with E-state index in [1.165, 1.54) is 11.4 Å². The maximum absolute atomic E-state index is 13.0. The first kappa shape index (κ1) is 21.1. The van der Waals surface area contributed by atoms with Crippen molar-refractivity contribution in [1.29, 1.82) is 0 Å². The average Bonchev–Trinajstić information content (AvgIpc) is 3.18. The van der Waals surface area contributed by atoms with Crippen LogP contribution in [-0.4, -0.2) is 81.9 Å². The molecule has 3 rings (SSSR count). The van der Waals surface area contributed by atoms with E-state index in [4.69, 9.17) is 0 Å². The van der Waals surface area contributed by atoms with Gasteiger partial charge in [-0.05, 0) is 43.1 Å². The molecule has 2 aliphatic rings. The SMILES string of the molecule is CCCCN1CC2CN(C(=O)c3ccc(N(C)S(C)(=O)=O)cc3)CC2(CO)C1. The number of hydrogen-bond donors (Lipinski definition) is 1. The van der Waals surface area contributed by atoms with Gasteiger partial charge in [-0.2, -0.15) is 0 Å². The minimum absolute atomic E-state index is 0.0594. The first-order chi connectivity index (χ1) is 13.2. The highest BCUT2D eigenvalue weighted by atomic mass is 32.2. The molecule has 1 aromatic rings. The van der Waals surface area contributed by atoms with Crippen LogP contribution in [0.5, 0.6) is 0 Å². The molecule has 0 radical (unpaired) electrons. The Morgan fingerprint density at radius 2 is 1.93 bits per heavy atom. The van der Waals surface area contributed by atoms with Crippen molar-refractivity contribution in [3.8, 4) is 0 Å². The monoisotopic (exact) mass is 409 g/mol. The van der Waals surface area contributed by atoms with Crippen LogP contribution in [0.25, 0.3) is 0 Å². The molecular weight excluding hydrogens is 378 g/mol. The molecule has 2 atom stereocenters. The van der Waals surface area contributed by atoms with E-state index in [1.54, 1.807) is 24.3 Å². The molecule has 8 heteroatoms. The van der Waals surface area contributed by atoms with E-state index in [0.717, 1.165) is 38.7 Å². The lowest BCUT2D eigenvalue weighted by Gasteiger charge is -2.27. The molecule has 0 saturated carbocycles. The maximum Gasteiger partial charge on any atom is 0.253 e. The lowest BCUT2D eigenvalue weighted by Crippen LogP contribution is -2.39. The number of benzene rings is 1. The highest BCUT2D eigenvalue weighted by Crippen LogP contribution is 2.42. The molecule has 2 aliphatic heterocycles. The lowest BCUT2D eigenvalue weighted by molar-refractivity contribution is 0.0720. The Labute approximate surface area is 168 Å². The minimum atomic E-state index is -3.33. The second kappa shape index (κ2) is 8.00. The summed E-state index contributed by atoms with van der Waals surface area (Å²) in [6.07, 6.45) is 3.46. The van der Waals surface area contributed by atoms with Crippen molar-refractivity contribution in [2.24, 2.45) is 11.3 Å². The van der Waals surface area contributed by atoms with Gasteiger partial charge in [0.25, 0.3) is 5.91 Å². The summed E-state index contributed by atoms with van der Waals surface area (Å²) in [4.78, 5) is 17.2. The van der Waals surface area contributed by atoms with E-state index in [1.807, 2.05) is 4.90 Å². The van der Waals surface area contributed by atoms with Gasteiger partial charge in [-0.3, -0.25) is 9.10 Å². The van der Waals surface area contributed by atoms with Gasteiger partial charge in [-0.15, -0.1) is 0 Å². The third-order valence-corrected chi connectivity index (χ3v) is 7.44. The summed E-state index contributed by atoms with van der Waals surface area (Å²) in [5.41, 5.74) is 0.845. The van der Waals surface area contributed by atoms with Gasteiger partial charge in [0, 0.05) is 44.2 Å². The van der Waals surface area contributed by atoms with Crippen molar-refractivity contribution in [2.45, 2.75) is 19.8 Å². The molecule has 156 valence electrons. The zero-order chi connectivity index (χ0) is 20.5. The van der Waals surface area contributed by atoms with Gasteiger partial charge in [0.1, 0.15) is 0 Å². The molecule has 0 spiro atoms. The van der Waals surface area contributed by atoms with Crippen molar-refractivity contribution < 1.29 is 18.3 Å². The molecule has 1 aromatic carbocycles. The fourth-order valence-corrected chi connectivity index (χ4v) is 4.91. The normalized spacial score (nSPS) is 25.1. The second-order valence-electron chi connectivity index (χ2n) is 8.27. The van der Waals surface area contributed by atoms with Gasteiger partial charge in [-0.25, -0.2) is 8.42 Å². The van der Waals surface area contributed by atoms with Crippen LogP contribution >= 0.6 is 0 Å². The first-order valence-electron chi connectivity index (χ1n) is 9.86. The summed E-state index contributed by atoms with van der Waals surface area (Å²) in [5.74, 6) is 0.241. The number of nitrogens with zero attached hydrogens (tertiary/aromatic N) is 3. The Balaban J connectivity index is 1.68. The summed E-state index contributed by atoms with van der Waals surface area (Å²) in [6.45, 7) is 6.34. The zero-order valence-electron chi connectivity index (χ0n) is 17.0. The predicted molar refractivity (Wildman–Crippen MR) is 110 cm³/mol. The van der Waals surface area contributed by atoms with Crippen LogP contribution in [0, 0.1) is 11.3 Å². The number of anilines is 1. The number of carbonyl (C=O) groups is 1. The number of amides is 1. The molecule has 0 aliphatic carbocycles. The number of unbranched alkanes of at least 4 members (excludes halogenated alkanes) is 1. The minimum Gasteiger partial charge on any atom is -0.396 e. The molecular formula is C20H31N3O4S. The standard InChI is InChI=1S/C20H31N3O4S/c1-4-5-10-22-11-17-12-23(14-20(17,13-22)15-24)19(25)16-6-8-18(9-7-16)21(2)28(3,26)27/h6-9,17,24H,4-5,10-15H2,1-3H3. The molecule has 2 unspecified atom stereocenters. The summed E-state index contributed by atoms with van der Waals surface area (Å²) in [7, 11) is -1.84. The largest absolute Gasteiger partial charge is 0.396 e. The molecule has 1 amide bonds. The lowest BCUT2D eigenvalue weighted by atomic mass is 9.82.